The van der Waals surface area contributed by atoms with Crippen molar-refractivity contribution in [2.45, 2.75) is 32.9 Å². The molecule has 0 unspecified atom stereocenters. The molecule has 5 heteroatoms. The van der Waals surface area contributed by atoms with Gasteiger partial charge in [-0.1, -0.05) is 26.8 Å². The number of phenolic OH excluding ortho intramolecular Hbond substituents is 1. The van der Waals surface area contributed by atoms with Gasteiger partial charge in [0, 0.05) is 0 Å². The molecule has 0 radical (unpaired) electrons. The van der Waals surface area contributed by atoms with Crippen LogP contribution in [-0.2, 0) is 0 Å². The minimum atomic E-state index is -0.685. The number of halogens is 1. The predicted molar refractivity (Wildman–Crippen MR) is 74.3 cm³/mol. The second-order valence-electron chi connectivity index (χ2n) is 5.27. The lowest BCUT2D eigenvalue weighted by atomic mass is 9.82. The van der Waals surface area contributed by atoms with Gasteiger partial charge in [-0.15, -0.1) is 12.4 Å². The van der Waals surface area contributed by atoms with E-state index in [1.165, 1.54) is 13.2 Å². The quantitative estimate of drug-likeness (QED) is 0.791. The maximum atomic E-state index is 10.1. The summed E-state index contributed by atoms with van der Waals surface area (Å²) in [4.78, 5) is 0. The normalized spacial score (nSPS) is 14.6. The minimum absolute atomic E-state index is 0. The zero-order valence-corrected chi connectivity index (χ0v) is 12.0. The standard InChI is InChI=1S/C13H21NO3.ClH/c1-13(2,3)12(16)11(14)8-5-6-10(17-4)9(15)7-8;/h5-7,11-12,15-16H,14H2,1-4H3;1H/t11-,12-;/m0./s1. The Kier molecular flexibility index (Phi) is 5.93. The molecule has 0 aliphatic heterocycles. The highest BCUT2D eigenvalue weighted by Gasteiger charge is 2.29. The number of nitrogens with two attached hydrogens (primary N) is 1. The van der Waals surface area contributed by atoms with Gasteiger partial charge in [-0.2, -0.15) is 0 Å². The van der Waals surface area contributed by atoms with Gasteiger partial charge in [0.05, 0.1) is 19.3 Å². The maximum Gasteiger partial charge on any atom is 0.160 e. The number of methoxy groups -OCH3 is 1. The summed E-state index contributed by atoms with van der Waals surface area (Å²) >= 11 is 0. The number of rotatable bonds is 3. The summed E-state index contributed by atoms with van der Waals surface area (Å²) in [5.74, 6) is 0.424. The number of benzene rings is 1. The molecular formula is C13H22ClNO3. The molecule has 18 heavy (non-hydrogen) atoms. The van der Waals surface area contributed by atoms with E-state index < -0.39 is 12.1 Å². The Morgan fingerprint density at radius 2 is 1.83 bits per heavy atom. The van der Waals surface area contributed by atoms with Crippen molar-refractivity contribution in [3.05, 3.63) is 23.8 Å². The molecule has 0 fully saturated rings. The second-order valence-corrected chi connectivity index (χ2v) is 5.27. The molecule has 1 aromatic rings. The molecule has 1 aromatic carbocycles. The van der Waals surface area contributed by atoms with Gasteiger partial charge in [0.25, 0.3) is 0 Å². The molecule has 0 aromatic heterocycles. The first-order valence-electron chi connectivity index (χ1n) is 5.58. The number of phenols is 1. The van der Waals surface area contributed by atoms with Crippen molar-refractivity contribution < 1.29 is 14.9 Å². The fourth-order valence-corrected chi connectivity index (χ4v) is 1.64. The van der Waals surface area contributed by atoms with E-state index in [-0.39, 0.29) is 23.6 Å². The monoisotopic (exact) mass is 275 g/mol. The molecule has 0 bridgehead atoms. The van der Waals surface area contributed by atoms with Crippen molar-refractivity contribution in [1.82, 2.24) is 0 Å². The van der Waals surface area contributed by atoms with E-state index in [1.807, 2.05) is 20.8 Å². The summed E-state index contributed by atoms with van der Waals surface area (Å²) in [5.41, 5.74) is 6.36. The van der Waals surface area contributed by atoms with Crippen LogP contribution >= 0.6 is 12.4 Å². The van der Waals surface area contributed by atoms with Gasteiger partial charge in [-0.05, 0) is 23.1 Å². The maximum absolute atomic E-state index is 10.1. The molecule has 4 N–H and O–H groups in total. The lowest BCUT2D eigenvalue weighted by Crippen LogP contribution is -2.36. The third kappa shape index (κ3) is 3.77. The second kappa shape index (κ2) is 6.27. The third-order valence-electron chi connectivity index (χ3n) is 2.82. The summed E-state index contributed by atoms with van der Waals surface area (Å²) < 4.78 is 4.95. The van der Waals surface area contributed by atoms with Gasteiger partial charge >= 0.3 is 0 Å². The van der Waals surface area contributed by atoms with Gasteiger partial charge in [-0.3, -0.25) is 0 Å². The molecule has 0 saturated carbocycles. The van der Waals surface area contributed by atoms with Crippen molar-refractivity contribution in [1.29, 1.82) is 0 Å². The molecule has 0 saturated heterocycles. The number of hydrogen-bond acceptors (Lipinski definition) is 4. The van der Waals surface area contributed by atoms with Crippen LogP contribution in [0.15, 0.2) is 18.2 Å². The molecular weight excluding hydrogens is 254 g/mol. The summed E-state index contributed by atoms with van der Waals surface area (Å²) in [5, 5.41) is 19.7. The van der Waals surface area contributed by atoms with Crippen molar-refractivity contribution in [3.63, 3.8) is 0 Å². The van der Waals surface area contributed by atoms with Crippen molar-refractivity contribution in [3.8, 4) is 11.5 Å². The topological polar surface area (TPSA) is 75.7 Å². The smallest absolute Gasteiger partial charge is 0.160 e. The first-order chi connectivity index (χ1) is 7.77. The van der Waals surface area contributed by atoms with Crippen LogP contribution in [0.3, 0.4) is 0 Å². The Hall–Kier alpha value is -0.970. The predicted octanol–water partition coefficient (Wildman–Crippen LogP) is 2.23. The van der Waals surface area contributed by atoms with Crippen LogP contribution in [0.1, 0.15) is 32.4 Å². The van der Waals surface area contributed by atoms with E-state index >= 15 is 0 Å². The Balaban J connectivity index is 0.00000289. The molecule has 104 valence electrons. The van der Waals surface area contributed by atoms with E-state index in [0.717, 1.165) is 0 Å². The lowest BCUT2D eigenvalue weighted by Gasteiger charge is -2.31. The molecule has 0 aliphatic carbocycles. The van der Waals surface area contributed by atoms with E-state index in [2.05, 4.69) is 0 Å². The molecule has 1 rings (SSSR count). The zero-order chi connectivity index (χ0) is 13.2. The van der Waals surface area contributed by atoms with Gasteiger partial charge in [0.15, 0.2) is 11.5 Å². The highest BCUT2D eigenvalue weighted by Crippen LogP contribution is 2.33. The molecule has 0 heterocycles. The molecule has 0 aliphatic rings. The minimum Gasteiger partial charge on any atom is -0.504 e. The Bertz CT molecular complexity index is 390. The van der Waals surface area contributed by atoms with Crippen LogP contribution in [0.4, 0.5) is 0 Å². The average molecular weight is 276 g/mol. The Labute approximate surface area is 114 Å². The number of aliphatic hydroxyl groups excluding tert-OH is 1. The third-order valence-corrected chi connectivity index (χ3v) is 2.82. The van der Waals surface area contributed by atoms with Gasteiger partial charge in [-0.25, -0.2) is 0 Å². The largest absolute Gasteiger partial charge is 0.504 e. The van der Waals surface area contributed by atoms with Crippen LogP contribution in [0, 0.1) is 5.41 Å². The SMILES string of the molecule is COc1ccc([C@H](N)[C@H](O)C(C)(C)C)cc1O.Cl. The van der Waals surface area contributed by atoms with E-state index in [1.54, 1.807) is 12.1 Å². The number of ether oxygens (including phenoxy) is 1. The molecule has 2 atom stereocenters. The first kappa shape index (κ1) is 17.0. The van der Waals surface area contributed by atoms with Crippen LogP contribution in [0.25, 0.3) is 0 Å². The highest BCUT2D eigenvalue weighted by atomic mass is 35.5. The molecule has 0 spiro atoms. The van der Waals surface area contributed by atoms with Crippen molar-refractivity contribution in [2.75, 3.05) is 7.11 Å². The number of hydrogen-bond donors (Lipinski definition) is 3. The molecule has 4 nitrogen and oxygen atoms in total. The number of aromatic hydroxyl groups is 1. The fourth-order valence-electron chi connectivity index (χ4n) is 1.64. The van der Waals surface area contributed by atoms with Crippen LogP contribution < -0.4 is 10.5 Å². The summed E-state index contributed by atoms with van der Waals surface area (Å²) in [6, 6.07) is 4.38. The van der Waals surface area contributed by atoms with E-state index in [0.29, 0.717) is 11.3 Å². The lowest BCUT2D eigenvalue weighted by molar-refractivity contribution is 0.0400. The first-order valence-corrected chi connectivity index (χ1v) is 5.58. The zero-order valence-electron chi connectivity index (χ0n) is 11.2. The summed E-state index contributed by atoms with van der Waals surface area (Å²) in [6.45, 7) is 5.75. The van der Waals surface area contributed by atoms with Crippen LogP contribution in [-0.4, -0.2) is 23.4 Å². The highest BCUT2D eigenvalue weighted by molar-refractivity contribution is 5.85. The van der Waals surface area contributed by atoms with Gasteiger partial charge < -0.3 is 20.7 Å². The van der Waals surface area contributed by atoms with Gasteiger partial charge in [0.1, 0.15) is 0 Å². The van der Waals surface area contributed by atoms with E-state index in [9.17, 15) is 10.2 Å². The van der Waals surface area contributed by atoms with Gasteiger partial charge in [0.2, 0.25) is 0 Å². The van der Waals surface area contributed by atoms with Crippen molar-refractivity contribution >= 4 is 12.4 Å². The van der Waals surface area contributed by atoms with Crippen LogP contribution in [0.5, 0.6) is 11.5 Å². The number of aliphatic hydroxyl groups is 1. The van der Waals surface area contributed by atoms with Crippen molar-refractivity contribution in [2.24, 2.45) is 11.1 Å². The Morgan fingerprint density at radius 1 is 1.28 bits per heavy atom. The fraction of sp³-hybridized carbons (Fsp3) is 0.538. The summed E-state index contributed by atoms with van der Waals surface area (Å²) in [7, 11) is 1.48. The molecule has 0 amide bonds. The summed E-state index contributed by atoms with van der Waals surface area (Å²) in [6.07, 6.45) is -0.685. The average Bonchev–Trinajstić information content (AvgIpc) is 2.25. The van der Waals surface area contributed by atoms with Crippen LogP contribution in [0.2, 0.25) is 0 Å². The Morgan fingerprint density at radius 3 is 2.22 bits per heavy atom. The van der Waals surface area contributed by atoms with E-state index in [4.69, 9.17) is 10.5 Å².